The molecule has 3 N–H and O–H groups in total. The van der Waals surface area contributed by atoms with Gasteiger partial charge in [-0.25, -0.2) is 9.18 Å². The van der Waals surface area contributed by atoms with Crippen LogP contribution in [0.2, 0.25) is 0 Å². The fourth-order valence-electron chi connectivity index (χ4n) is 1.13. The molecular formula is C10H10FNO2. The van der Waals surface area contributed by atoms with Crippen LogP contribution in [0.1, 0.15) is 22.0 Å². The van der Waals surface area contributed by atoms with E-state index in [1.165, 1.54) is 18.2 Å². The Labute approximate surface area is 80.7 Å². The van der Waals surface area contributed by atoms with E-state index < -0.39 is 17.8 Å². The van der Waals surface area contributed by atoms with Crippen molar-refractivity contribution in [1.29, 1.82) is 0 Å². The molecule has 0 aromatic heterocycles. The van der Waals surface area contributed by atoms with Gasteiger partial charge >= 0.3 is 5.97 Å². The fraction of sp³-hybridized carbons (Fsp3) is 0.100. The molecule has 0 saturated heterocycles. The van der Waals surface area contributed by atoms with Crippen molar-refractivity contribution in [3.05, 3.63) is 47.8 Å². The molecule has 1 atom stereocenters. The highest BCUT2D eigenvalue weighted by Crippen LogP contribution is 2.18. The molecule has 0 bridgehead atoms. The summed E-state index contributed by atoms with van der Waals surface area (Å²) in [6, 6.07) is 2.87. The second kappa shape index (κ2) is 4.02. The first-order valence-corrected chi connectivity index (χ1v) is 3.97. The Morgan fingerprint density at radius 2 is 2.29 bits per heavy atom. The Kier molecular flexibility index (Phi) is 2.99. The van der Waals surface area contributed by atoms with E-state index >= 15 is 0 Å². The van der Waals surface area contributed by atoms with Gasteiger partial charge in [-0.05, 0) is 17.7 Å². The number of carboxylic acids is 1. The quantitative estimate of drug-likeness (QED) is 0.721. The zero-order valence-corrected chi connectivity index (χ0v) is 7.40. The molecule has 14 heavy (non-hydrogen) atoms. The first-order chi connectivity index (χ1) is 6.56. The van der Waals surface area contributed by atoms with E-state index in [9.17, 15) is 9.18 Å². The van der Waals surface area contributed by atoms with Crippen LogP contribution in [0.15, 0.2) is 30.9 Å². The van der Waals surface area contributed by atoms with Gasteiger partial charge in [0, 0.05) is 6.04 Å². The highest BCUT2D eigenvalue weighted by molar-refractivity contribution is 5.89. The van der Waals surface area contributed by atoms with Gasteiger partial charge in [-0.3, -0.25) is 0 Å². The third-order valence-corrected chi connectivity index (χ3v) is 1.86. The van der Waals surface area contributed by atoms with Gasteiger partial charge in [-0.1, -0.05) is 12.1 Å². The first-order valence-electron chi connectivity index (χ1n) is 3.97. The number of halogens is 1. The summed E-state index contributed by atoms with van der Waals surface area (Å²) in [5.74, 6) is -1.79. The lowest BCUT2D eigenvalue weighted by Gasteiger charge is -2.09. The standard InChI is InChI=1S/C10H10FNO2/c1-2-9(12)7-4-3-6(11)5-8(7)10(13)14/h2-5,9H,1,12H2,(H,13,14)/t9-/m1/s1. The number of nitrogens with two attached hydrogens (primary N) is 1. The summed E-state index contributed by atoms with van der Waals surface area (Å²) < 4.78 is 12.7. The minimum absolute atomic E-state index is 0.127. The summed E-state index contributed by atoms with van der Waals surface area (Å²) in [4.78, 5) is 10.7. The smallest absolute Gasteiger partial charge is 0.336 e. The Morgan fingerprint density at radius 1 is 1.64 bits per heavy atom. The molecule has 4 heteroatoms. The largest absolute Gasteiger partial charge is 0.478 e. The average Bonchev–Trinajstić information content (AvgIpc) is 2.16. The van der Waals surface area contributed by atoms with Crippen molar-refractivity contribution in [2.75, 3.05) is 0 Å². The van der Waals surface area contributed by atoms with Crippen molar-refractivity contribution < 1.29 is 14.3 Å². The SMILES string of the molecule is C=C[C@@H](N)c1ccc(F)cc1C(=O)O. The Hall–Kier alpha value is -1.68. The third kappa shape index (κ3) is 1.97. The van der Waals surface area contributed by atoms with Crippen LogP contribution in [0, 0.1) is 5.82 Å². The molecule has 0 saturated carbocycles. The summed E-state index contributed by atoms with van der Waals surface area (Å²) in [5.41, 5.74) is 5.81. The van der Waals surface area contributed by atoms with E-state index in [1.54, 1.807) is 0 Å². The second-order valence-electron chi connectivity index (χ2n) is 2.80. The number of rotatable bonds is 3. The number of hydrogen-bond donors (Lipinski definition) is 2. The van der Waals surface area contributed by atoms with E-state index in [1.807, 2.05) is 0 Å². The molecule has 1 aromatic carbocycles. The highest BCUT2D eigenvalue weighted by Gasteiger charge is 2.14. The van der Waals surface area contributed by atoms with Gasteiger partial charge in [-0.15, -0.1) is 6.58 Å². The molecule has 1 rings (SSSR count). The number of carboxylic acid groups (broad SMARTS) is 1. The number of hydrogen-bond acceptors (Lipinski definition) is 2. The van der Waals surface area contributed by atoms with Crippen LogP contribution in [-0.4, -0.2) is 11.1 Å². The summed E-state index contributed by atoms with van der Waals surface area (Å²) in [6.45, 7) is 3.45. The van der Waals surface area contributed by atoms with Crippen LogP contribution in [0.25, 0.3) is 0 Å². The van der Waals surface area contributed by atoms with Crippen LogP contribution in [0.4, 0.5) is 4.39 Å². The molecule has 0 unspecified atom stereocenters. The van der Waals surface area contributed by atoms with Gasteiger partial charge in [0.25, 0.3) is 0 Å². The molecule has 0 spiro atoms. The van der Waals surface area contributed by atoms with Gasteiger partial charge in [0.15, 0.2) is 0 Å². The van der Waals surface area contributed by atoms with Gasteiger partial charge in [-0.2, -0.15) is 0 Å². The van der Waals surface area contributed by atoms with Crippen LogP contribution < -0.4 is 5.73 Å². The van der Waals surface area contributed by atoms with Crippen LogP contribution in [-0.2, 0) is 0 Å². The monoisotopic (exact) mass is 195 g/mol. The van der Waals surface area contributed by atoms with Crippen molar-refractivity contribution in [3.8, 4) is 0 Å². The zero-order chi connectivity index (χ0) is 10.7. The van der Waals surface area contributed by atoms with Crippen molar-refractivity contribution in [2.45, 2.75) is 6.04 Å². The topological polar surface area (TPSA) is 63.3 Å². The van der Waals surface area contributed by atoms with Crippen LogP contribution in [0.5, 0.6) is 0 Å². The molecule has 0 aliphatic carbocycles. The lowest BCUT2D eigenvalue weighted by Crippen LogP contribution is -2.12. The van der Waals surface area contributed by atoms with Crippen molar-refractivity contribution in [2.24, 2.45) is 5.73 Å². The molecule has 0 fully saturated rings. The lowest BCUT2D eigenvalue weighted by atomic mass is 10.0. The number of benzene rings is 1. The van der Waals surface area contributed by atoms with Gasteiger partial charge in [0.05, 0.1) is 5.56 Å². The zero-order valence-electron chi connectivity index (χ0n) is 7.40. The average molecular weight is 195 g/mol. The molecule has 0 amide bonds. The lowest BCUT2D eigenvalue weighted by molar-refractivity contribution is 0.0695. The molecular weight excluding hydrogens is 185 g/mol. The Bertz CT molecular complexity index is 376. The molecule has 74 valence electrons. The third-order valence-electron chi connectivity index (χ3n) is 1.86. The van der Waals surface area contributed by atoms with Crippen molar-refractivity contribution >= 4 is 5.97 Å². The van der Waals surface area contributed by atoms with Crippen molar-refractivity contribution in [1.82, 2.24) is 0 Å². The highest BCUT2D eigenvalue weighted by atomic mass is 19.1. The van der Waals surface area contributed by atoms with Gasteiger partial charge in [0.1, 0.15) is 5.82 Å². The maximum atomic E-state index is 12.7. The second-order valence-corrected chi connectivity index (χ2v) is 2.80. The summed E-state index contributed by atoms with van der Waals surface area (Å²) >= 11 is 0. The first kappa shape index (κ1) is 10.4. The maximum absolute atomic E-state index is 12.7. The molecule has 1 aromatic rings. The molecule has 0 aliphatic rings. The van der Waals surface area contributed by atoms with Gasteiger partial charge < -0.3 is 10.8 Å². The minimum Gasteiger partial charge on any atom is -0.478 e. The normalized spacial score (nSPS) is 12.1. The summed E-state index contributed by atoms with van der Waals surface area (Å²) in [6.07, 6.45) is 1.40. The predicted molar refractivity (Wildman–Crippen MR) is 50.5 cm³/mol. The fourth-order valence-corrected chi connectivity index (χ4v) is 1.13. The maximum Gasteiger partial charge on any atom is 0.336 e. The number of carbonyl (C=O) groups is 1. The Morgan fingerprint density at radius 3 is 2.79 bits per heavy atom. The molecule has 3 nitrogen and oxygen atoms in total. The van der Waals surface area contributed by atoms with Crippen LogP contribution in [0.3, 0.4) is 0 Å². The van der Waals surface area contributed by atoms with Crippen LogP contribution >= 0.6 is 0 Å². The summed E-state index contributed by atoms with van der Waals surface area (Å²) in [5, 5.41) is 8.78. The minimum atomic E-state index is -1.20. The predicted octanol–water partition coefficient (Wildman–Crippen LogP) is 1.71. The molecule has 0 heterocycles. The van der Waals surface area contributed by atoms with E-state index in [2.05, 4.69) is 6.58 Å². The van der Waals surface area contributed by atoms with Gasteiger partial charge in [0.2, 0.25) is 0 Å². The van der Waals surface area contributed by atoms with E-state index in [0.29, 0.717) is 5.56 Å². The Balaban J connectivity index is 3.28. The molecule has 0 aliphatic heterocycles. The number of aromatic carboxylic acids is 1. The summed E-state index contributed by atoms with van der Waals surface area (Å²) in [7, 11) is 0. The van der Waals surface area contributed by atoms with Crippen molar-refractivity contribution in [3.63, 3.8) is 0 Å². The van der Waals surface area contributed by atoms with E-state index in [4.69, 9.17) is 10.8 Å². The van der Waals surface area contributed by atoms with E-state index in [0.717, 1.165) is 6.07 Å². The molecule has 0 radical (unpaired) electrons. The van der Waals surface area contributed by atoms with E-state index in [-0.39, 0.29) is 5.56 Å².